The highest BCUT2D eigenvalue weighted by Crippen LogP contribution is 2.22. The molecule has 0 bridgehead atoms. The molecule has 2 unspecified atom stereocenters. The third-order valence-electron chi connectivity index (χ3n) is 2.96. The Morgan fingerprint density at radius 3 is 2.53 bits per heavy atom. The zero-order chi connectivity index (χ0) is 14.5. The quantitative estimate of drug-likeness (QED) is 0.722. The summed E-state index contributed by atoms with van der Waals surface area (Å²) >= 11 is 6.02. The van der Waals surface area contributed by atoms with Crippen LogP contribution in [0.15, 0.2) is 24.3 Å². The molecule has 0 fully saturated rings. The molecule has 0 heterocycles. The van der Waals surface area contributed by atoms with Crippen molar-refractivity contribution in [2.24, 2.45) is 5.92 Å². The van der Waals surface area contributed by atoms with Crippen LogP contribution in [0.3, 0.4) is 0 Å². The summed E-state index contributed by atoms with van der Waals surface area (Å²) in [5.41, 5.74) is -0.0471. The lowest BCUT2D eigenvalue weighted by atomic mass is 9.94. The lowest BCUT2D eigenvalue weighted by Gasteiger charge is -2.26. The van der Waals surface area contributed by atoms with Crippen molar-refractivity contribution in [2.45, 2.75) is 38.9 Å². The fraction of sp³-hybridized carbons (Fsp3) is 0.600. The molecule has 2 atom stereocenters. The van der Waals surface area contributed by atoms with Gasteiger partial charge in [0.2, 0.25) is 0 Å². The van der Waals surface area contributed by atoms with Crippen molar-refractivity contribution in [1.29, 1.82) is 0 Å². The third kappa shape index (κ3) is 5.91. The van der Waals surface area contributed by atoms with Crippen molar-refractivity contribution >= 4 is 11.6 Å². The van der Waals surface area contributed by atoms with E-state index in [0.29, 0.717) is 29.6 Å². The van der Waals surface area contributed by atoms with Gasteiger partial charge in [0.05, 0.1) is 11.7 Å². The predicted molar refractivity (Wildman–Crippen MR) is 79.4 cm³/mol. The van der Waals surface area contributed by atoms with E-state index >= 15 is 0 Å². The van der Waals surface area contributed by atoms with Gasteiger partial charge in [0.15, 0.2) is 0 Å². The largest absolute Gasteiger partial charge is 0.389 e. The van der Waals surface area contributed by atoms with Gasteiger partial charge < -0.3 is 15.5 Å². The Morgan fingerprint density at radius 2 is 1.95 bits per heavy atom. The Morgan fingerprint density at radius 1 is 1.32 bits per heavy atom. The van der Waals surface area contributed by atoms with Crippen LogP contribution >= 0.6 is 11.6 Å². The second-order valence-corrected chi connectivity index (χ2v) is 6.17. The molecule has 0 amide bonds. The highest BCUT2D eigenvalue weighted by molar-refractivity contribution is 6.31. The molecule has 1 aromatic rings. The number of nitrogens with one attached hydrogen (secondary N) is 1. The Labute approximate surface area is 120 Å². The van der Waals surface area contributed by atoms with Gasteiger partial charge in [-0.2, -0.15) is 0 Å². The van der Waals surface area contributed by atoms with Gasteiger partial charge in [-0.25, -0.2) is 0 Å². The normalized spacial score (nSPS) is 16.4. The summed E-state index contributed by atoms with van der Waals surface area (Å²) in [6.45, 7) is 6.78. The highest BCUT2D eigenvalue weighted by atomic mass is 35.5. The van der Waals surface area contributed by atoms with Gasteiger partial charge in [0.25, 0.3) is 0 Å². The fourth-order valence-corrected chi connectivity index (χ4v) is 2.55. The predicted octanol–water partition coefficient (Wildman–Crippen LogP) is 2.76. The van der Waals surface area contributed by atoms with Gasteiger partial charge in [-0.05, 0) is 25.3 Å². The van der Waals surface area contributed by atoms with Gasteiger partial charge in [0, 0.05) is 23.7 Å². The maximum atomic E-state index is 10.2. The molecular weight excluding hydrogens is 262 g/mol. The molecule has 4 heteroatoms. The van der Waals surface area contributed by atoms with Crippen molar-refractivity contribution < 1.29 is 10.2 Å². The van der Waals surface area contributed by atoms with Gasteiger partial charge in [-0.1, -0.05) is 43.6 Å². The van der Waals surface area contributed by atoms with Crippen LogP contribution in [0.4, 0.5) is 0 Å². The SMILES string of the molecule is CC(C)CC(C)(O)CNCC(O)c1ccccc1Cl. The van der Waals surface area contributed by atoms with Crippen LogP contribution in [0.1, 0.15) is 38.9 Å². The molecule has 0 aliphatic carbocycles. The Balaban J connectivity index is 2.43. The van der Waals surface area contributed by atoms with E-state index in [0.717, 1.165) is 6.42 Å². The van der Waals surface area contributed by atoms with Crippen LogP contribution in [0.25, 0.3) is 0 Å². The molecule has 0 aromatic heterocycles. The lowest BCUT2D eigenvalue weighted by Crippen LogP contribution is -2.40. The molecule has 19 heavy (non-hydrogen) atoms. The average molecular weight is 286 g/mol. The Kier molecular flexibility index (Phi) is 6.27. The zero-order valence-corrected chi connectivity index (χ0v) is 12.6. The molecule has 0 radical (unpaired) electrons. The fourth-order valence-electron chi connectivity index (χ4n) is 2.29. The number of hydrogen-bond donors (Lipinski definition) is 3. The highest BCUT2D eigenvalue weighted by Gasteiger charge is 2.22. The molecule has 0 aliphatic heterocycles. The number of benzene rings is 1. The van der Waals surface area contributed by atoms with Crippen molar-refractivity contribution in [2.75, 3.05) is 13.1 Å². The molecule has 0 saturated carbocycles. The molecule has 3 nitrogen and oxygen atoms in total. The maximum Gasteiger partial charge on any atom is 0.0928 e. The molecule has 1 rings (SSSR count). The van der Waals surface area contributed by atoms with Crippen molar-refractivity contribution in [3.05, 3.63) is 34.9 Å². The van der Waals surface area contributed by atoms with Crippen LogP contribution in [0.2, 0.25) is 5.02 Å². The van der Waals surface area contributed by atoms with Crippen molar-refractivity contribution in [3.63, 3.8) is 0 Å². The van der Waals surface area contributed by atoms with E-state index < -0.39 is 11.7 Å². The van der Waals surface area contributed by atoms with E-state index in [1.807, 2.05) is 19.1 Å². The molecule has 0 aliphatic rings. The van der Waals surface area contributed by atoms with Crippen LogP contribution in [0.5, 0.6) is 0 Å². The minimum absolute atomic E-state index is 0.373. The van der Waals surface area contributed by atoms with Crippen molar-refractivity contribution in [1.82, 2.24) is 5.32 Å². The summed E-state index contributed by atoms with van der Waals surface area (Å²) in [7, 11) is 0. The van der Waals surface area contributed by atoms with Crippen LogP contribution < -0.4 is 5.32 Å². The van der Waals surface area contributed by atoms with E-state index in [4.69, 9.17) is 11.6 Å². The first-order chi connectivity index (χ1) is 8.82. The minimum atomic E-state index is -0.756. The van der Waals surface area contributed by atoms with E-state index in [1.54, 1.807) is 12.1 Å². The first kappa shape index (κ1) is 16.4. The Bertz CT molecular complexity index is 393. The molecule has 0 saturated heterocycles. The summed E-state index contributed by atoms with van der Waals surface area (Å²) in [6, 6.07) is 7.24. The molecule has 0 spiro atoms. The van der Waals surface area contributed by atoms with Gasteiger partial charge in [-0.3, -0.25) is 0 Å². The van der Waals surface area contributed by atoms with E-state index in [9.17, 15) is 10.2 Å². The number of hydrogen-bond acceptors (Lipinski definition) is 3. The molecule has 1 aromatic carbocycles. The topological polar surface area (TPSA) is 52.5 Å². The number of rotatable bonds is 7. The van der Waals surface area contributed by atoms with E-state index in [2.05, 4.69) is 19.2 Å². The van der Waals surface area contributed by atoms with E-state index in [1.165, 1.54) is 0 Å². The smallest absolute Gasteiger partial charge is 0.0928 e. The lowest BCUT2D eigenvalue weighted by molar-refractivity contribution is 0.0352. The number of aliphatic hydroxyl groups is 2. The van der Waals surface area contributed by atoms with Crippen LogP contribution in [-0.4, -0.2) is 28.9 Å². The zero-order valence-electron chi connectivity index (χ0n) is 11.9. The molecule has 3 N–H and O–H groups in total. The first-order valence-electron chi connectivity index (χ1n) is 6.67. The number of aliphatic hydroxyl groups excluding tert-OH is 1. The standard InChI is InChI=1S/C15H24ClNO2/c1-11(2)8-15(3,19)10-17-9-14(18)12-6-4-5-7-13(12)16/h4-7,11,14,17-19H,8-10H2,1-3H3. The summed E-state index contributed by atoms with van der Waals surface area (Å²) in [6.07, 6.45) is 0.0610. The monoisotopic (exact) mass is 285 g/mol. The first-order valence-corrected chi connectivity index (χ1v) is 7.05. The minimum Gasteiger partial charge on any atom is -0.389 e. The van der Waals surface area contributed by atoms with Crippen molar-refractivity contribution in [3.8, 4) is 0 Å². The summed E-state index contributed by atoms with van der Waals surface area (Å²) in [5, 5.41) is 23.9. The summed E-state index contributed by atoms with van der Waals surface area (Å²) in [4.78, 5) is 0. The Hall–Kier alpha value is -0.610. The van der Waals surface area contributed by atoms with Crippen LogP contribution in [-0.2, 0) is 0 Å². The second kappa shape index (κ2) is 7.25. The molecular formula is C15H24ClNO2. The molecule has 108 valence electrons. The van der Waals surface area contributed by atoms with Gasteiger partial charge in [0.1, 0.15) is 0 Å². The van der Waals surface area contributed by atoms with Gasteiger partial charge >= 0.3 is 0 Å². The maximum absolute atomic E-state index is 10.2. The van der Waals surface area contributed by atoms with Gasteiger partial charge in [-0.15, -0.1) is 0 Å². The summed E-state index contributed by atoms with van der Waals surface area (Å²) in [5.74, 6) is 0.435. The second-order valence-electron chi connectivity index (χ2n) is 5.76. The summed E-state index contributed by atoms with van der Waals surface area (Å²) < 4.78 is 0. The van der Waals surface area contributed by atoms with Crippen LogP contribution in [0, 0.1) is 5.92 Å². The average Bonchev–Trinajstić information content (AvgIpc) is 2.27. The number of halogens is 1. The third-order valence-corrected chi connectivity index (χ3v) is 3.30. The van der Waals surface area contributed by atoms with E-state index in [-0.39, 0.29) is 0 Å².